The van der Waals surface area contributed by atoms with Crippen LogP contribution in [0.4, 0.5) is 0 Å². The Morgan fingerprint density at radius 3 is 1.84 bits per heavy atom. The fraction of sp³-hybridized carbons (Fsp3) is 0.143. The quantitative estimate of drug-likeness (QED) is 0.182. The number of rotatable bonds is 1. The zero-order valence-electron chi connectivity index (χ0n) is 25.3. The SMILES string of the molecule is CC1(C)c2ccccc2-c2c1c1c(c3c2c2ccccc2n3-c2ccc3sc4ccccc4c3c2)-c2ccccc2C1(C)C. The van der Waals surface area contributed by atoms with Crippen molar-refractivity contribution in [3.63, 3.8) is 0 Å². The van der Waals surface area contributed by atoms with Gasteiger partial charge in [0.15, 0.2) is 0 Å². The summed E-state index contributed by atoms with van der Waals surface area (Å²) in [5, 5.41) is 5.38. The van der Waals surface area contributed by atoms with Gasteiger partial charge in [0.05, 0.1) is 11.0 Å². The van der Waals surface area contributed by atoms with Gasteiger partial charge in [0, 0.05) is 53.0 Å². The molecule has 2 heterocycles. The zero-order valence-corrected chi connectivity index (χ0v) is 26.1. The number of aromatic nitrogens is 1. The molecule has 6 aromatic carbocycles. The minimum absolute atomic E-state index is 0.110. The Labute approximate surface area is 261 Å². The van der Waals surface area contributed by atoms with Gasteiger partial charge in [-0.25, -0.2) is 0 Å². The highest BCUT2D eigenvalue weighted by Crippen LogP contribution is 2.63. The number of hydrogen-bond donors (Lipinski definition) is 0. The number of thiophene rings is 1. The molecule has 8 aromatic rings. The third-order valence-corrected chi connectivity index (χ3v) is 11.9. The molecule has 44 heavy (non-hydrogen) atoms. The van der Waals surface area contributed by atoms with Crippen LogP contribution in [0.25, 0.3) is 69.9 Å². The molecule has 0 saturated carbocycles. The van der Waals surface area contributed by atoms with Crippen LogP contribution in [-0.4, -0.2) is 4.57 Å². The highest BCUT2D eigenvalue weighted by Gasteiger charge is 2.48. The van der Waals surface area contributed by atoms with Crippen LogP contribution in [-0.2, 0) is 10.8 Å². The number of fused-ring (bicyclic) bond motifs is 15. The molecule has 0 fully saturated rings. The number of para-hydroxylation sites is 1. The van der Waals surface area contributed by atoms with Crippen LogP contribution in [0, 0.1) is 0 Å². The van der Waals surface area contributed by atoms with Crippen LogP contribution in [0.2, 0.25) is 0 Å². The van der Waals surface area contributed by atoms with E-state index in [1.54, 1.807) is 0 Å². The van der Waals surface area contributed by atoms with Crippen molar-refractivity contribution in [1.29, 1.82) is 0 Å². The molecule has 0 saturated heterocycles. The first-order valence-electron chi connectivity index (χ1n) is 15.6. The Bertz CT molecular complexity index is 2550. The number of benzene rings is 6. The second-order valence-electron chi connectivity index (χ2n) is 13.7. The fourth-order valence-corrected chi connectivity index (χ4v) is 9.97. The summed E-state index contributed by atoms with van der Waals surface area (Å²) in [4.78, 5) is 0. The van der Waals surface area contributed by atoms with E-state index in [-0.39, 0.29) is 10.8 Å². The van der Waals surface area contributed by atoms with E-state index in [0.717, 1.165) is 0 Å². The molecule has 0 bridgehead atoms. The van der Waals surface area contributed by atoms with Crippen LogP contribution in [0.3, 0.4) is 0 Å². The highest BCUT2D eigenvalue weighted by molar-refractivity contribution is 7.25. The van der Waals surface area contributed by atoms with Gasteiger partial charge in [0.1, 0.15) is 0 Å². The minimum Gasteiger partial charge on any atom is -0.309 e. The van der Waals surface area contributed by atoms with E-state index in [2.05, 4.69) is 148 Å². The summed E-state index contributed by atoms with van der Waals surface area (Å²) in [5.74, 6) is 0. The zero-order chi connectivity index (χ0) is 29.5. The third-order valence-electron chi connectivity index (χ3n) is 10.7. The summed E-state index contributed by atoms with van der Waals surface area (Å²) in [6.45, 7) is 9.77. The predicted molar refractivity (Wildman–Crippen MR) is 189 cm³/mol. The molecule has 0 N–H and O–H groups in total. The molecule has 2 aliphatic rings. The molecular weight excluding hydrogens is 551 g/mol. The van der Waals surface area contributed by atoms with E-state index in [1.807, 2.05) is 11.3 Å². The van der Waals surface area contributed by atoms with Gasteiger partial charge in [-0.05, 0) is 69.3 Å². The molecule has 2 aliphatic carbocycles. The van der Waals surface area contributed by atoms with Gasteiger partial charge in [0.2, 0.25) is 0 Å². The van der Waals surface area contributed by atoms with Gasteiger partial charge >= 0.3 is 0 Å². The maximum Gasteiger partial charge on any atom is 0.0629 e. The Hall–Kier alpha value is -4.66. The van der Waals surface area contributed by atoms with Crippen LogP contribution in [0.5, 0.6) is 0 Å². The molecule has 10 rings (SSSR count). The maximum absolute atomic E-state index is 2.59. The second-order valence-corrected chi connectivity index (χ2v) is 14.8. The summed E-state index contributed by atoms with van der Waals surface area (Å²) in [6, 6.07) is 43.3. The Balaban J connectivity index is 1.48. The van der Waals surface area contributed by atoms with Gasteiger partial charge in [-0.2, -0.15) is 0 Å². The second kappa shape index (κ2) is 8.08. The van der Waals surface area contributed by atoms with Crippen molar-refractivity contribution in [1.82, 2.24) is 4.57 Å². The average molecular weight is 582 g/mol. The summed E-state index contributed by atoms with van der Waals surface area (Å²) >= 11 is 1.88. The van der Waals surface area contributed by atoms with Crippen molar-refractivity contribution in [2.75, 3.05) is 0 Å². The van der Waals surface area contributed by atoms with Crippen LogP contribution in [0.15, 0.2) is 115 Å². The Morgan fingerprint density at radius 1 is 0.523 bits per heavy atom. The van der Waals surface area contributed by atoms with Crippen molar-refractivity contribution < 1.29 is 0 Å². The third kappa shape index (κ3) is 2.82. The molecule has 1 nitrogen and oxygen atoms in total. The molecule has 0 atom stereocenters. The fourth-order valence-electron chi connectivity index (χ4n) is 8.89. The van der Waals surface area contributed by atoms with Crippen molar-refractivity contribution in [2.45, 2.75) is 38.5 Å². The topological polar surface area (TPSA) is 4.93 Å². The van der Waals surface area contributed by atoms with Gasteiger partial charge in [-0.3, -0.25) is 0 Å². The lowest BCUT2D eigenvalue weighted by Crippen LogP contribution is -2.24. The number of nitrogens with zero attached hydrogens (tertiary/aromatic N) is 1. The first-order chi connectivity index (χ1) is 21.4. The molecular formula is C42H31NS. The summed E-state index contributed by atoms with van der Waals surface area (Å²) in [7, 11) is 0. The molecule has 0 radical (unpaired) electrons. The lowest BCUT2D eigenvalue weighted by atomic mass is 9.72. The van der Waals surface area contributed by atoms with Crippen LogP contribution >= 0.6 is 11.3 Å². The van der Waals surface area contributed by atoms with Gasteiger partial charge in [0.25, 0.3) is 0 Å². The summed E-state index contributed by atoms with van der Waals surface area (Å²) in [6.07, 6.45) is 0. The highest BCUT2D eigenvalue weighted by atomic mass is 32.1. The Kier molecular flexibility index (Phi) is 4.54. The first kappa shape index (κ1) is 24.7. The van der Waals surface area contributed by atoms with E-state index in [0.29, 0.717) is 0 Å². The lowest BCUT2D eigenvalue weighted by molar-refractivity contribution is 0.602. The molecule has 0 spiro atoms. The average Bonchev–Trinajstić information content (AvgIpc) is 3.72. The van der Waals surface area contributed by atoms with Crippen LogP contribution < -0.4 is 0 Å². The molecule has 2 aromatic heterocycles. The van der Waals surface area contributed by atoms with E-state index < -0.39 is 0 Å². The van der Waals surface area contributed by atoms with Gasteiger partial charge in [-0.1, -0.05) is 113 Å². The first-order valence-corrected chi connectivity index (χ1v) is 16.4. The smallest absolute Gasteiger partial charge is 0.0629 e. The van der Waals surface area contributed by atoms with E-state index >= 15 is 0 Å². The molecule has 2 heteroatoms. The van der Waals surface area contributed by atoms with Crippen molar-refractivity contribution in [2.24, 2.45) is 0 Å². The molecule has 0 aliphatic heterocycles. The van der Waals surface area contributed by atoms with Crippen molar-refractivity contribution in [3.05, 3.63) is 138 Å². The maximum atomic E-state index is 2.59. The van der Waals surface area contributed by atoms with Crippen LogP contribution in [0.1, 0.15) is 49.9 Å². The summed E-state index contributed by atoms with van der Waals surface area (Å²) < 4.78 is 5.26. The van der Waals surface area contributed by atoms with E-state index in [1.165, 1.54) is 92.2 Å². The number of hydrogen-bond acceptors (Lipinski definition) is 1. The molecule has 0 unspecified atom stereocenters. The van der Waals surface area contributed by atoms with E-state index in [9.17, 15) is 0 Å². The van der Waals surface area contributed by atoms with Crippen molar-refractivity contribution >= 4 is 53.3 Å². The monoisotopic (exact) mass is 581 g/mol. The van der Waals surface area contributed by atoms with Crippen molar-refractivity contribution in [3.8, 4) is 27.9 Å². The van der Waals surface area contributed by atoms with Gasteiger partial charge < -0.3 is 4.57 Å². The molecule has 210 valence electrons. The Morgan fingerprint density at radius 2 is 1.09 bits per heavy atom. The van der Waals surface area contributed by atoms with Gasteiger partial charge in [-0.15, -0.1) is 11.3 Å². The predicted octanol–water partition coefficient (Wildman–Crippen LogP) is 11.8. The van der Waals surface area contributed by atoms with E-state index in [4.69, 9.17) is 0 Å². The standard InChI is InChI=1S/C42H31NS/c1-41(2)30-17-9-5-14-26(30)35-36-28-16-7-11-19-32(28)43(24-21-22-34-29(23-24)25-13-8-12-20-33(25)44-34)40(36)37-27-15-6-10-18-31(27)42(3,4)39(37)38(35)41/h5-23H,1-4H3. The minimum atomic E-state index is -0.127. The largest absolute Gasteiger partial charge is 0.309 e. The summed E-state index contributed by atoms with van der Waals surface area (Å²) in [5.41, 5.74) is 15.0. The lowest BCUT2D eigenvalue weighted by Gasteiger charge is -2.31. The molecule has 0 amide bonds. The normalized spacial score (nSPS) is 15.6.